The van der Waals surface area contributed by atoms with Crippen LogP contribution in [0.25, 0.3) is 32.1 Å². The Morgan fingerprint density at radius 2 is 1.92 bits per heavy atom. The predicted molar refractivity (Wildman–Crippen MR) is 108 cm³/mol. The van der Waals surface area contributed by atoms with Crippen LogP contribution in [0.4, 0.5) is 0 Å². The molecule has 0 bridgehead atoms. The maximum atomic E-state index is 12.3. The second-order valence-electron chi connectivity index (χ2n) is 7.37. The van der Waals surface area contributed by atoms with Crippen LogP contribution in [0, 0.1) is 0 Å². The highest BCUT2D eigenvalue weighted by Gasteiger charge is 2.19. The number of fused-ring (bicyclic) bond motifs is 3. The van der Waals surface area contributed by atoms with Crippen LogP contribution < -0.4 is 10.3 Å². The van der Waals surface area contributed by atoms with E-state index >= 15 is 0 Å². The highest BCUT2D eigenvalue weighted by Crippen LogP contribution is 2.40. The van der Waals surface area contributed by atoms with Gasteiger partial charge in [0, 0.05) is 44.7 Å². The van der Waals surface area contributed by atoms with Gasteiger partial charge in [0.2, 0.25) is 0 Å². The number of nitrogens with zero attached hydrogens (tertiary/aromatic N) is 1. The molecule has 26 heavy (non-hydrogen) atoms. The third-order valence-electron chi connectivity index (χ3n) is 4.60. The lowest BCUT2D eigenvalue weighted by Crippen LogP contribution is -2.13. The Kier molecular flexibility index (Phi) is 3.84. The van der Waals surface area contributed by atoms with Crippen LogP contribution in [-0.4, -0.2) is 17.1 Å². The summed E-state index contributed by atoms with van der Waals surface area (Å²) < 4.78 is 6.37. The number of benzene rings is 1. The van der Waals surface area contributed by atoms with Crippen molar-refractivity contribution < 1.29 is 4.74 Å². The second kappa shape index (κ2) is 5.95. The molecule has 0 unspecified atom stereocenters. The lowest BCUT2D eigenvalue weighted by atomic mass is 9.90. The van der Waals surface area contributed by atoms with Gasteiger partial charge < -0.3 is 9.72 Å². The van der Waals surface area contributed by atoms with E-state index in [-0.39, 0.29) is 11.0 Å². The van der Waals surface area contributed by atoms with Crippen molar-refractivity contribution in [2.75, 3.05) is 7.11 Å². The number of nitrogens with one attached hydrogen (secondary N) is 1. The van der Waals surface area contributed by atoms with Crippen LogP contribution >= 0.6 is 11.3 Å². The normalized spacial score (nSPS) is 12.0. The summed E-state index contributed by atoms with van der Waals surface area (Å²) in [5.74, 6) is 0.766. The average molecular weight is 364 g/mol. The van der Waals surface area contributed by atoms with Crippen molar-refractivity contribution in [1.29, 1.82) is 0 Å². The maximum Gasteiger partial charge on any atom is 0.266 e. The lowest BCUT2D eigenvalue weighted by molar-refractivity contribution is 0.417. The second-order valence-corrected chi connectivity index (χ2v) is 8.28. The molecule has 5 heteroatoms. The molecule has 3 aromatic heterocycles. The number of methoxy groups -OCH3 is 1. The van der Waals surface area contributed by atoms with Crippen LogP contribution in [-0.2, 0) is 5.41 Å². The van der Waals surface area contributed by atoms with Gasteiger partial charge >= 0.3 is 0 Å². The number of pyridine rings is 2. The third-order valence-corrected chi connectivity index (χ3v) is 5.51. The molecule has 0 spiro atoms. The van der Waals surface area contributed by atoms with Gasteiger partial charge in [-0.05, 0) is 29.6 Å². The van der Waals surface area contributed by atoms with Gasteiger partial charge in [0.15, 0.2) is 0 Å². The fraction of sp³-hybridized carbons (Fsp3) is 0.238. The minimum atomic E-state index is -0.0557. The first kappa shape index (κ1) is 16.8. The molecule has 0 radical (unpaired) electrons. The van der Waals surface area contributed by atoms with Crippen molar-refractivity contribution in [2.24, 2.45) is 0 Å². The molecule has 4 nitrogen and oxygen atoms in total. The number of aromatic amines is 1. The number of hydrogen-bond acceptors (Lipinski definition) is 4. The largest absolute Gasteiger partial charge is 0.496 e. The van der Waals surface area contributed by atoms with Crippen molar-refractivity contribution in [3.8, 4) is 16.9 Å². The Labute approximate surface area is 155 Å². The van der Waals surface area contributed by atoms with Gasteiger partial charge in [0.1, 0.15) is 10.4 Å². The van der Waals surface area contributed by atoms with Crippen LogP contribution in [0.1, 0.15) is 26.5 Å². The van der Waals surface area contributed by atoms with Crippen molar-refractivity contribution in [1.82, 2.24) is 9.97 Å². The summed E-state index contributed by atoms with van der Waals surface area (Å²) in [7, 11) is 1.66. The Morgan fingerprint density at radius 3 is 2.58 bits per heavy atom. The molecular weight excluding hydrogens is 344 g/mol. The van der Waals surface area contributed by atoms with E-state index in [2.05, 4.69) is 42.9 Å². The van der Waals surface area contributed by atoms with E-state index in [4.69, 9.17) is 4.74 Å². The zero-order valence-corrected chi connectivity index (χ0v) is 16.0. The zero-order valence-electron chi connectivity index (χ0n) is 15.2. The number of ether oxygens (including phenoxy) is 1. The fourth-order valence-corrected chi connectivity index (χ4v) is 4.07. The van der Waals surface area contributed by atoms with Crippen molar-refractivity contribution in [2.45, 2.75) is 26.2 Å². The van der Waals surface area contributed by atoms with Crippen LogP contribution in [0.2, 0.25) is 0 Å². The molecule has 132 valence electrons. The summed E-state index contributed by atoms with van der Waals surface area (Å²) in [5.41, 5.74) is 3.70. The third kappa shape index (κ3) is 2.59. The number of thiophene rings is 1. The molecule has 3 heterocycles. The van der Waals surface area contributed by atoms with E-state index in [1.807, 2.05) is 29.8 Å². The van der Waals surface area contributed by atoms with E-state index in [0.29, 0.717) is 0 Å². The Morgan fingerprint density at radius 1 is 1.12 bits per heavy atom. The Balaban J connectivity index is 2.07. The molecule has 0 fully saturated rings. The minimum absolute atomic E-state index is 0.00671. The summed E-state index contributed by atoms with van der Waals surface area (Å²) in [4.78, 5) is 20.0. The van der Waals surface area contributed by atoms with Crippen molar-refractivity contribution in [3.63, 3.8) is 0 Å². The molecule has 0 saturated carbocycles. The van der Waals surface area contributed by atoms with E-state index in [9.17, 15) is 4.79 Å². The lowest BCUT2D eigenvalue weighted by Gasteiger charge is -2.18. The first-order valence-corrected chi connectivity index (χ1v) is 9.35. The summed E-state index contributed by atoms with van der Waals surface area (Å²) in [5, 5.41) is 3.89. The molecule has 1 aromatic carbocycles. The van der Waals surface area contributed by atoms with Gasteiger partial charge in [-0.15, -0.1) is 11.3 Å². The predicted octanol–water partition coefficient (Wildman–Crippen LogP) is 5.11. The molecule has 1 N–H and O–H groups in total. The minimum Gasteiger partial charge on any atom is -0.496 e. The zero-order chi connectivity index (χ0) is 18.5. The number of aromatic nitrogens is 2. The van der Waals surface area contributed by atoms with E-state index in [1.165, 1.54) is 11.3 Å². The highest BCUT2D eigenvalue weighted by molar-refractivity contribution is 7.17. The molecule has 0 aliphatic rings. The molecule has 4 rings (SSSR count). The van der Waals surface area contributed by atoms with Gasteiger partial charge in [-0.25, -0.2) is 0 Å². The molecule has 0 atom stereocenters. The SMILES string of the molecule is COc1ccc2[nH]c(=O)c3sccc3c2c1-c1ccc(C(C)(C)C)nc1. The van der Waals surface area contributed by atoms with E-state index < -0.39 is 0 Å². The monoisotopic (exact) mass is 364 g/mol. The number of H-pyrrole nitrogens is 1. The standard InChI is InChI=1S/C21H20N2O2S/c1-21(2,3)16-8-5-12(11-22-16)17-15(25-4)7-6-14-18(17)13-9-10-26-19(13)20(24)23-14/h5-11H,1-4H3,(H,23,24). The summed E-state index contributed by atoms with van der Waals surface area (Å²) in [6.07, 6.45) is 1.89. The summed E-state index contributed by atoms with van der Waals surface area (Å²) in [6, 6.07) is 9.92. The van der Waals surface area contributed by atoms with Crippen LogP contribution in [0.5, 0.6) is 5.75 Å². The molecule has 0 aliphatic heterocycles. The molecule has 0 saturated heterocycles. The van der Waals surface area contributed by atoms with Gasteiger partial charge in [0.25, 0.3) is 5.56 Å². The smallest absolute Gasteiger partial charge is 0.266 e. The van der Waals surface area contributed by atoms with Crippen LogP contribution in [0.15, 0.2) is 46.7 Å². The topological polar surface area (TPSA) is 55.0 Å². The van der Waals surface area contributed by atoms with Crippen LogP contribution in [0.3, 0.4) is 0 Å². The van der Waals surface area contributed by atoms with E-state index in [0.717, 1.165) is 43.6 Å². The Bertz CT molecular complexity index is 1170. The first-order valence-electron chi connectivity index (χ1n) is 8.47. The van der Waals surface area contributed by atoms with Gasteiger partial charge in [-0.3, -0.25) is 9.78 Å². The highest BCUT2D eigenvalue weighted by atomic mass is 32.1. The average Bonchev–Trinajstić information content (AvgIpc) is 3.11. The van der Waals surface area contributed by atoms with Crippen molar-refractivity contribution in [3.05, 3.63) is 58.0 Å². The quantitative estimate of drug-likeness (QED) is 0.538. The number of rotatable bonds is 2. The summed E-state index contributed by atoms with van der Waals surface area (Å²) in [6.45, 7) is 6.44. The maximum absolute atomic E-state index is 12.3. The summed E-state index contributed by atoms with van der Waals surface area (Å²) >= 11 is 1.45. The van der Waals surface area contributed by atoms with E-state index in [1.54, 1.807) is 7.11 Å². The molecule has 0 aliphatic carbocycles. The fourth-order valence-electron chi connectivity index (χ4n) is 3.27. The molecule has 0 amide bonds. The number of hydrogen-bond donors (Lipinski definition) is 1. The van der Waals surface area contributed by atoms with Gasteiger partial charge in [-0.1, -0.05) is 26.8 Å². The molecule has 4 aromatic rings. The Hall–Kier alpha value is -2.66. The molecular formula is C21H20N2O2S. The van der Waals surface area contributed by atoms with Gasteiger partial charge in [0.05, 0.1) is 7.11 Å². The van der Waals surface area contributed by atoms with Gasteiger partial charge in [-0.2, -0.15) is 0 Å². The first-order chi connectivity index (χ1) is 12.4. The van der Waals surface area contributed by atoms with Crippen molar-refractivity contribution >= 4 is 32.3 Å².